The van der Waals surface area contributed by atoms with Crippen LogP contribution in [0.15, 0.2) is 0 Å². The van der Waals surface area contributed by atoms with Gasteiger partial charge in [0.15, 0.2) is 0 Å². The Morgan fingerprint density at radius 2 is 2.07 bits per heavy atom. The highest BCUT2D eigenvalue weighted by molar-refractivity contribution is 4.80. The van der Waals surface area contributed by atoms with Crippen LogP contribution in [-0.2, 0) is 0 Å². The number of hydrogen-bond donors (Lipinski definition) is 1. The van der Waals surface area contributed by atoms with Crippen LogP contribution in [0.2, 0.25) is 0 Å². The Morgan fingerprint density at radius 1 is 1.20 bits per heavy atom. The molecule has 0 radical (unpaired) electrons. The molecule has 3 atom stereocenters. The molecule has 2 fully saturated rings. The van der Waals surface area contributed by atoms with Gasteiger partial charge in [0.1, 0.15) is 0 Å². The van der Waals surface area contributed by atoms with Gasteiger partial charge >= 0.3 is 0 Å². The van der Waals surface area contributed by atoms with Crippen molar-refractivity contribution in [3.8, 4) is 0 Å². The molecule has 88 valence electrons. The number of rotatable bonds is 4. The van der Waals surface area contributed by atoms with Crippen LogP contribution in [0, 0.1) is 5.92 Å². The zero-order valence-electron chi connectivity index (χ0n) is 10.3. The van der Waals surface area contributed by atoms with Gasteiger partial charge in [-0.3, -0.25) is 4.90 Å². The molecule has 0 aromatic rings. The predicted molar refractivity (Wildman–Crippen MR) is 65.1 cm³/mol. The Balaban J connectivity index is 1.58. The molecule has 2 aliphatic rings. The molecule has 1 N–H and O–H groups in total. The largest absolute Gasteiger partial charge is 0.313 e. The first kappa shape index (κ1) is 11.4. The van der Waals surface area contributed by atoms with Crippen LogP contribution >= 0.6 is 0 Å². The lowest BCUT2D eigenvalue weighted by atomic mass is 10.1. The molecule has 2 heteroatoms. The minimum Gasteiger partial charge on any atom is -0.313 e. The van der Waals surface area contributed by atoms with Crippen molar-refractivity contribution in [2.24, 2.45) is 5.92 Å². The fourth-order valence-electron chi connectivity index (χ4n) is 3.13. The lowest BCUT2D eigenvalue weighted by Crippen LogP contribution is -2.37. The summed E-state index contributed by atoms with van der Waals surface area (Å²) in [5, 5.41) is 3.72. The van der Waals surface area contributed by atoms with E-state index in [2.05, 4.69) is 24.1 Å². The second-order valence-electron chi connectivity index (χ2n) is 5.60. The third kappa shape index (κ3) is 3.18. The Hall–Kier alpha value is -0.0800. The average Bonchev–Trinajstić information content (AvgIpc) is 2.77. The van der Waals surface area contributed by atoms with Gasteiger partial charge in [-0.15, -0.1) is 0 Å². The third-order valence-electron chi connectivity index (χ3n) is 4.22. The summed E-state index contributed by atoms with van der Waals surface area (Å²) in [5.74, 6) is 0.952. The molecular formula is C13H26N2. The molecule has 1 aliphatic carbocycles. The molecule has 0 spiro atoms. The Labute approximate surface area is 94.4 Å². The van der Waals surface area contributed by atoms with E-state index in [0.717, 1.165) is 18.0 Å². The second kappa shape index (κ2) is 5.31. The monoisotopic (exact) mass is 210 g/mol. The van der Waals surface area contributed by atoms with Crippen molar-refractivity contribution in [3.05, 3.63) is 0 Å². The van der Waals surface area contributed by atoms with Gasteiger partial charge in [-0.1, -0.05) is 6.92 Å². The van der Waals surface area contributed by atoms with E-state index in [0.29, 0.717) is 0 Å². The van der Waals surface area contributed by atoms with Crippen molar-refractivity contribution in [2.75, 3.05) is 19.6 Å². The van der Waals surface area contributed by atoms with E-state index >= 15 is 0 Å². The summed E-state index contributed by atoms with van der Waals surface area (Å²) in [6, 6.07) is 1.65. The molecule has 1 aliphatic heterocycles. The summed E-state index contributed by atoms with van der Waals surface area (Å²) in [6.45, 7) is 8.52. The fraction of sp³-hybridized carbons (Fsp3) is 1.00. The standard InChI is InChI=1S/C13H26N2/c1-11-5-6-13(10-11)14-7-9-15-8-3-4-12(15)2/h11-14H,3-10H2,1-2H3. The van der Waals surface area contributed by atoms with Crippen molar-refractivity contribution in [1.29, 1.82) is 0 Å². The summed E-state index contributed by atoms with van der Waals surface area (Å²) in [4.78, 5) is 2.63. The normalized spacial score (nSPS) is 37.6. The van der Waals surface area contributed by atoms with Gasteiger partial charge in [-0.25, -0.2) is 0 Å². The maximum absolute atomic E-state index is 3.72. The summed E-state index contributed by atoms with van der Waals surface area (Å²) >= 11 is 0. The van der Waals surface area contributed by atoms with Crippen LogP contribution < -0.4 is 5.32 Å². The van der Waals surface area contributed by atoms with Gasteiger partial charge in [0.05, 0.1) is 0 Å². The smallest absolute Gasteiger partial charge is 0.0110 e. The van der Waals surface area contributed by atoms with Gasteiger partial charge in [0.25, 0.3) is 0 Å². The second-order valence-corrected chi connectivity index (χ2v) is 5.60. The van der Waals surface area contributed by atoms with Gasteiger partial charge in [0.2, 0.25) is 0 Å². The molecule has 0 aromatic carbocycles. The summed E-state index contributed by atoms with van der Waals surface area (Å²) in [7, 11) is 0. The van der Waals surface area contributed by atoms with Crippen molar-refractivity contribution >= 4 is 0 Å². The Bertz CT molecular complexity index is 193. The molecule has 0 bridgehead atoms. The molecule has 0 aromatic heterocycles. The fourth-order valence-corrected chi connectivity index (χ4v) is 3.13. The molecule has 1 saturated carbocycles. The van der Waals surface area contributed by atoms with Gasteiger partial charge in [0, 0.05) is 25.2 Å². The van der Waals surface area contributed by atoms with Crippen LogP contribution in [0.1, 0.15) is 46.0 Å². The predicted octanol–water partition coefficient (Wildman–Crippen LogP) is 2.25. The van der Waals surface area contributed by atoms with Gasteiger partial charge < -0.3 is 5.32 Å². The minimum absolute atomic E-state index is 0.818. The first-order chi connectivity index (χ1) is 7.25. The summed E-state index contributed by atoms with van der Waals surface area (Å²) < 4.78 is 0. The molecule has 0 amide bonds. The SMILES string of the molecule is CC1CCC(NCCN2CCCC2C)C1. The highest BCUT2D eigenvalue weighted by atomic mass is 15.2. The third-order valence-corrected chi connectivity index (χ3v) is 4.22. The number of likely N-dealkylation sites (tertiary alicyclic amines) is 1. The lowest BCUT2D eigenvalue weighted by molar-refractivity contribution is 0.263. The lowest BCUT2D eigenvalue weighted by Gasteiger charge is -2.22. The van der Waals surface area contributed by atoms with E-state index in [-0.39, 0.29) is 0 Å². The van der Waals surface area contributed by atoms with E-state index in [4.69, 9.17) is 0 Å². The Kier molecular flexibility index (Phi) is 4.04. The van der Waals surface area contributed by atoms with Crippen LogP contribution in [-0.4, -0.2) is 36.6 Å². The molecule has 1 saturated heterocycles. The number of hydrogen-bond acceptors (Lipinski definition) is 2. The first-order valence-corrected chi connectivity index (χ1v) is 6.73. The highest BCUT2D eigenvalue weighted by Gasteiger charge is 2.22. The Morgan fingerprint density at radius 3 is 2.67 bits per heavy atom. The maximum Gasteiger partial charge on any atom is 0.0110 e. The molecule has 3 unspecified atom stereocenters. The molecule has 2 rings (SSSR count). The van der Waals surface area contributed by atoms with Crippen molar-refractivity contribution in [1.82, 2.24) is 10.2 Å². The van der Waals surface area contributed by atoms with Crippen molar-refractivity contribution < 1.29 is 0 Å². The quantitative estimate of drug-likeness (QED) is 0.765. The highest BCUT2D eigenvalue weighted by Crippen LogP contribution is 2.24. The zero-order chi connectivity index (χ0) is 10.7. The van der Waals surface area contributed by atoms with E-state index in [1.807, 2.05) is 0 Å². The number of nitrogens with one attached hydrogen (secondary N) is 1. The molecule has 1 heterocycles. The maximum atomic E-state index is 3.72. The minimum atomic E-state index is 0.818. The topological polar surface area (TPSA) is 15.3 Å². The van der Waals surface area contributed by atoms with E-state index in [1.165, 1.54) is 51.7 Å². The zero-order valence-corrected chi connectivity index (χ0v) is 10.3. The summed E-state index contributed by atoms with van der Waals surface area (Å²) in [6.07, 6.45) is 7.03. The summed E-state index contributed by atoms with van der Waals surface area (Å²) in [5.41, 5.74) is 0. The number of nitrogens with zero attached hydrogens (tertiary/aromatic N) is 1. The van der Waals surface area contributed by atoms with Crippen LogP contribution in [0.5, 0.6) is 0 Å². The average molecular weight is 210 g/mol. The van der Waals surface area contributed by atoms with E-state index in [1.54, 1.807) is 0 Å². The molecule has 15 heavy (non-hydrogen) atoms. The molecular weight excluding hydrogens is 184 g/mol. The van der Waals surface area contributed by atoms with E-state index in [9.17, 15) is 0 Å². The van der Waals surface area contributed by atoms with Crippen LogP contribution in [0.3, 0.4) is 0 Å². The van der Waals surface area contributed by atoms with E-state index < -0.39 is 0 Å². The van der Waals surface area contributed by atoms with Crippen LogP contribution in [0.4, 0.5) is 0 Å². The van der Waals surface area contributed by atoms with Crippen LogP contribution in [0.25, 0.3) is 0 Å². The molecule has 2 nitrogen and oxygen atoms in total. The van der Waals surface area contributed by atoms with Gasteiger partial charge in [-0.05, 0) is 51.5 Å². The van der Waals surface area contributed by atoms with Gasteiger partial charge in [-0.2, -0.15) is 0 Å². The first-order valence-electron chi connectivity index (χ1n) is 6.73. The van der Waals surface area contributed by atoms with Crippen molar-refractivity contribution in [3.63, 3.8) is 0 Å². The van der Waals surface area contributed by atoms with Crippen molar-refractivity contribution in [2.45, 2.75) is 58.0 Å².